The molecule has 1 aliphatic heterocycles. The zero-order chi connectivity index (χ0) is 26.3. The summed E-state index contributed by atoms with van der Waals surface area (Å²) in [7, 11) is 0. The van der Waals surface area contributed by atoms with Crippen LogP contribution >= 0.6 is 0 Å². The third-order valence-electron chi connectivity index (χ3n) is 7.46. The van der Waals surface area contributed by atoms with Gasteiger partial charge in [-0.15, -0.1) is 0 Å². The van der Waals surface area contributed by atoms with E-state index in [1.807, 2.05) is 32.0 Å². The van der Waals surface area contributed by atoms with Crippen molar-refractivity contribution in [2.45, 2.75) is 39.5 Å². The van der Waals surface area contributed by atoms with E-state index in [0.717, 1.165) is 38.9 Å². The molecule has 0 unspecified atom stereocenters. The quantitative estimate of drug-likeness (QED) is 0.220. The Morgan fingerprint density at radius 3 is 2.03 bits per heavy atom. The maximum Gasteiger partial charge on any atom is 0.163 e. The van der Waals surface area contributed by atoms with Crippen LogP contribution in [0.5, 0.6) is 11.5 Å². The highest BCUT2D eigenvalue weighted by molar-refractivity contribution is 5.97. The van der Waals surface area contributed by atoms with Crippen LogP contribution in [0, 0.1) is 0 Å². The van der Waals surface area contributed by atoms with Crippen molar-refractivity contribution in [3.63, 3.8) is 0 Å². The molecule has 0 spiro atoms. The summed E-state index contributed by atoms with van der Waals surface area (Å²) in [6.07, 6.45) is 8.00. The van der Waals surface area contributed by atoms with Crippen LogP contribution in [-0.2, 0) is 0 Å². The van der Waals surface area contributed by atoms with Gasteiger partial charge in [0, 0.05) is 25.1 Å². The Kier molecular flexibility index (Phi) is 8.40. The Bertz CT molecular complexity index is 1290. The van der Waals surface area contributed by atoms with Gasteiger partial charge in [-0.25, -0.2) is 0 Å². The lowest BCUT2D eigenvalue weighted by Crippen LogP contribution is -2.32. The molecular weight excluding hydrogens is 470 g/mol. The summed E-state index contributed by atoms with van der Waals surface area (Å²) in [5.41, 5.74) is 8.90. The molecular formula is C34H37NO3. The van der Waals surface area contributed by atoms with Gasteiger partial charge in [0.2, 0.25) is 0 Å². The van der Waals surface area contributed by atoms with Crippen LogP contribution in [0.3, 0.4) is 0 Å². The summed E-state index contributed by atoms with van der Waals surface area (Å²) in [6, 6.07) is 23.0. The van der Waals surface area contributed by atoms with Crippen LogP contribution < -0.4 is 9.47 Å². The third-order valence-corrected chi connectivity index (χ3v) is 7.46. The number of Topliss-reactive ketones (excluding diaryl/α,β-unsaturated/α-hetero) is 1. The highest BCUT2D eigenvalue weighted by Crippen LogP contribution is 2.38. The standard InChI is InChI=1S/C34H37NO3/c1-3-37-32-18-17-28(24-33(32)38-4-2)31(36)14-9-21-35-22-19-27(20-23-35)34-29-12-7-5-10-25(29)15-16-26-11-6-8-13-30(26)34/h5-8,10-13,15-18,24H,3-4,9,14,19-23H2,1-2H3. The Morgan fingerprint density at radius 2 is 1.39 bits per heavy atom. The van der Waals surface area contributed by atoms with Gasteiger partial charge >= 0.3 is 0 Å². The number of likely N-dealkylation sites (tertiary alicyclic amines) is 1. The van der Waals surface area contributed by atoms with Crippen LogP contribution in [-0.4, -0.2) is 43.5 Å². The van der Waals surface area contributed by atoms with Crippen molar-refractivity contribution in [2.75, 3.05) is 32.8 Å². The van der Waals surface area contributed by atoms with Gasteiger partial charge in [0.1, 0.15) is 0 Å². The second-order valence-electron chi connectivity index (χ2n) is 9.88. The van der Waals surface area contributed by atoms with E-state index in [9.17, 15) is 4.79 Å². The highest BCUT2D eigenvalue weighted by atomic mass is 16.5. The van der Waals surface area contributed by atoms with E-state index < -0.39 is 0 Å². The molecule has 1 aliphatic carbocycles. The molecule has 5 rings (SSSR count). The first-order valence-corrected chi connectivity index (χ1v) is 13.9. The summed E-state index contributed by atoms with van der Waals surface area (Å²) in [4.78, 5) is 15.4. The molecule has 0 radical (unpaired) electrons. The van der Waals surface area contributed by atoms with E-state index in [1.165, 1.54) is 27.8 Å². The first-order chi connectivity index (χ1) is 18.7. The maximum absolute atomic E-state index is 12.9. The molecule has 4 heteroatoms. The SMILES string of the molecule is CCOc1ccc(C(=O)CCCN2CCC(=C3c4ccccc4C=Cc4ccccc43)CC2)cc1OCC. The number of carbonyl (C=O) groups is 1. The number of carbonyl (C=O) groups excluding carboxylic acids is 1. The summed E-state index contributed by atoms with van der Waals surface area (Å²) in [5.74, 6) is 1.50. The van der Waals surface area contributed by atoms with Crippen LogP contribution in [0.25, 0.3) is 17.7 Å². The zero-order valence-corrected chi connectivity index (χ0v) is 22.5. The molecule has 4 nitrogen and oxygen atoms in total. The number of nitrogens with zero attached hydrogens (tertiary/aromatic N) is 1. The van der Waals surface area contributed by atoms with E-state index >= 15 is 0 Å². The van der Waals surface area contributed by atoms with Gasteiger partial charge in [-0.2, -0.15) is 0 Å². The number of piperidine rings is 1. The van der Waals surface area contributed by atoms with Crippen molar-refractivity contribution in [3.8, 4) is 11.5 Å². The number of benzene rings is 3. The molecule has 38 heavy (non-hydrogen) atoms. The molecule has 0 amide bonds. The van der Waals surface area contributed by atoms with Crippen molar-refractivity contribution < 1.29 is 14.3 Å². The second kappa shape index (κ2) is 12.3. The summed E-state index contributed by atoms with van der Waals surface area (Å²) in [5, 5.41) is 0. The van der Waals surface area contributed by atoms with Gasteiger partial charge in [0.05, 0.1) is 13.2 Å². The first-order valence-electron chi connectivity index (χ1n) is 13.9. The fraction of sp³-hybridized carbons (Fsp3) is 0.324. The number of hydrogen-bond donors (Lipinski definition) is 0. The average Bonchev–Trinajstić information content (AvgIpc) is 3.12. The predicted molar refractivity (Wildman–Crippen MR) is 156 cm³/mol. The number of fused-ring (bicyclic) bond motifs is 2. The summed E-state index contributed by atoms with van der Waals surface area (Å²) >= 11 is 0. The van der Waals surface area contributed by atoms with Crippen molar-refractivity contribution in [1.82, 2.24) is 4.90 Å². The molecule has 2 aliphatic rings. The number of ketones is 1. The van der Waals surface area contributed by atoms with Gasteiger partial charge in [-0.05, 0) is 85.7 Å². The molecule has 1 fully saturated rings. The lowest BCUT2D eigenvalue weighted by Gasteiger charge is -2.30. The van der Waals surface area contributed by atoms with Gasteiger partial charge in [-0.1, -0.05) is 66.3 Å². The molecule has 3 aromatic rings. The molecule has 196 valence electrons. The Balaban J connectivity index is 1.22. The Labute approximate surface area is 226 Å². The van der Waals surface area contributed by atoms with Gasteiger partial charge in [0.15, 0.2) is 17.3 Å². The lowest BCUT2D eigenvalue weighted by molar-refractivity contribution is 0.0973. The van der Waals surface area contributed by atoms with Gasteiger partial charge in [0.25, 0.3) is 0 Å². The number of rotatable bonds is 9. The second-order valence-corrected chi connectivity index (χ2v) is 9.88. The van der Waals surface area contributed by atoms with Crippen LogP contribution in [0.1, 0.15) is 72.1 Å². The molecule has 1 heterocycles. The molecule has 0 aromatic heterocycles. The largest absolute Gasteiger partial charge is 0.490 e. The fourth-order valence-electron chi connectivity index (χ4n) is 5.57. The zero-order valence-electron chi connectivity index (χ0n) is 22.5. The van der Waals surface area contributed by atoms with Gasteiger partial charge < -0.3 is 14.4 Å². The number of hydrogen-bond acceptors (Lipinski definition) is 4. The minimum Gasteiger partial charge on any atom is -0.490 e. The molecule has 3 aromatic carbocycles. The smallest absolute Gasteiger partial charge is 0.163 e. The van der Waals surface area contributed by atoms with Crippen molar-refractivity contribution in [3.05, 3.63) is 100 Å². The summed E-state index contributed by atoms with van der Waals surface area (Å²) in [6.45, 7) is 7.99. The molecule has 0 N–H and O–H groups in total. The topological polar surface area (TPSA) is 38.8 Å². The molecule has 1 saturated heterocycles. The van der Waals surface area contributed by atoms with Crippen molar-refractivity contribution >= 4 is 23.5 Å². The normalized spacial score (nSPS) is 15.0. The van der Waals surface area contributed by atoms with E-state index in [0.29, 0.717) is 36.7 Å². The predicted octanol–water partition coefficient (Wildman–Crippen LogP) is 7.53. The Morgan fingerprint density at radius 1 is 0.789 bits per heavy atom. The van der Waals surface area contributed by atoms with Crippen LogP contribution in [0.15, 0.2) is 72.3 Å². The van der Waals surface area contributed by atoms with E-state index in [4.69, 9.17) is 9.47 Å². The lowest BCUT2D eigenvalue weighted by atomic mass is 9.86. The van der Waals surface area contributed by atoms with Crippen molar-refractivity contribution in [1.29, 1.82) is 0 Å². The minimum absolute atomic E-state index is 0.160. The third kappa shape index (κ3) is 5.76. The maximum atomic E-state index is 12.9. The van der Waals surface area contributed by atoms with Crippen molar-refractivity contribution in [2.24, 2.45) is 0 Å². The first kappa shape index (κ1) is 26.0. The fourth-order valence-corrected chi connectivity index (χ4v) is 5.57. The van der Waals surface area contributed by atoms with E-state index in [2.05, 4.69) is 65.6 Å². The van der Waals surface area contributed by atoms with E-state index in [1.54, 1.807) is 5.57 Å². The molecule has 0 saturated carbocycles. The monoisotopic (exact) mass is 507 g/mol. The van der Waals surface area contributed by atoms with Crippen LogP contribution in [0.2, 0.25) is 0 Å². The highest BCUT2D eigenvalue weighted by Gasteiger charge is 2.22. The van der Waals surface area contributed by atoms with E-state index in [-0.39, 0.29) is 5.78 Å². The summed E-state index contributed by atoms with van der Waals surface area (Å²) < 4.78 is 11.3. The molecule has 0 bridgehead atoms. The Hall–Kier alpha value is -3.63. The molecule has 0 atom stereocenters. The number of ether oxygens (including phenoxy) is 2. The van der Waals surface area contributed by atoms with Crippen LogP contribution in [0.4, 0.5) is 0 Å². The minimum atomic E-state index is 0.160. The average molecular weight is 508 g/mol. The van der Waals surface area contributed by atoms with Gasteiger partial charge in [-0.3, -0.25) is 4.79 Å².